The topological polar surface area (TPSA) is 85.0 Å². The average Bonchev–Trinajstić information content (AvgIpc) is 2.72. The van der Waals surface area contributed by atoms with Crippen LogP contribution < -0.4 is 4.74 Å². The lowest BCUT2D eigenvalue weighted by molar-refractivity contribution is -0.386. The quantitative estimate of drug-likeness (QED) is 0.288. The number of nitro benzene ring substituents is 1. The second-order valence-corrected chi connectivity index (χ2v) is 6.88. The predicted octanol–water partition coefficient (Wildman–Crippen LogP) is 4.34. The second-order valence-electron chi connectivity index (χ2n) is 6.88. The zero-order chi connectivity index (χ0) is 20.8. The first kappa shape index (κ1) is 20.3. The number of carbonyl (C=O) groups is 1. The van der Waals surface area contributed by atoms with E-state index < -0.39 is 11.0 Å². The van der Waals surface area contributed by atoms with Gasteiger partial charge in [0.15, 0.2) is 11.5 Å². The summed E-state index contributed by atoms with van der Waals surface area (Å²) < 4.78 is 6.16. The first-order valence-corrected chi connectivity index (χ1v) is 9.40. The molecule has 0 amide bonds. The molecule has 150 valence electrons. The third-order valence-corrected chi connectivity index (χ3v) is 4.82. The molecule has 0 spiro atoms. The third-order valence-electron chi connectivity index (χ3n) is 4.82. The van der Waals surface area contributed by atoms with Crippen LogP contribution in [0.4, 0.5) is 5.69 Å². The second kappa shape index (κ2) is 9.14. The summed E-state index contributed by atoms with van der Waals surface area (Å²) in [5.41, 5.74) is 1.67. The van der Waals surface area contributed by atoms with Crippen molar-refractivity contribution in [3.8, 4) is 5.75 Å². The SMILES string of the molecule is C=CN=CN(C)CC(Oc1ccc2c(c1[N+](=O)[O-])CCCC2=O)c1ccccc1. The summed E-state index contributed by atoms with van der Waals surface area (Å²) in [6.07, 6.45) is 4.11. The Morgan fingerprint density at radius 1 is 1.28 bits per heavy atom. The van der Waals surface area contributed by atoms with Crippen LogP contribution in [-0.4, -0.2) is 35.5 Å². The first-order valence-electron chi connectivity index (χ1n) is 9.40. The van der Waals surface area contributed by atoms with Crippen molar-refractivity contribution in [3.05, 3.63) is 82.0 Å². The average molecular weight is 393 g/mol. The van der Waals surface area contributed by atoms with E-state index in [4.69, 9.17) is 4.74 Å². The van der Waals surface area contributed by atoms with Crippen molar-refractivity contribution in [2.75, 3.05) is 13.6 Å². The monoisotopic (exact) mass is 393 g/mol. The minimum absolute atomic E-state index is 0.0547. The maximum Gasteiger partial charge on any atom is 0.314 e. The fourth-order valence-electron chi connectivity index (χ4n) is 3.49. The van der Waals surface area contributed by atoms with Gasteiger partial charge in [-0.1, -0.05) is 36.9 Å². The molecule has 29 heavy (non-hydrogen) atoms. The molecule has 0 bridgehead atoms. The van der Waals surface area contributed by atoms with Gasteiger partial charge in [-0.05, 0) is 30.5 Å². The number of likely N-dealkylation sites (N-methyl/N-ethyl adjacent to an activating group) is 1. The first-order chi connectivity index (χ1) is 14.0. The Morgan fingerprint density at radius 2 is 2.03 bits per heavy atom. The van der Waals surface area contributed by atoms with Gasteiger partial charge in [-0.2, -0.15) is 0 Å². The van der Waals surface area contributed by atoms with E-state index in [1.165, 1.54) is 12.3 Å². The highest BCUT2D eigenvalue weighted by atomic mass is 16.6. The Labute approximate surface area is 169 Å². The van der Waals surface area contributed by atoms with Crippen LogP contribution in [0.5, 0.6) is 5.75 Å². The number of nitrogens with zero attached hydrogens (tertiary/aromatic N) is 3. The van der Waals surface area contributed by atoms with Crippen LogP contribution in [0.2, 0.25) is 0 Å². The fraction of sp³-hybridized carbons (Fsp3) is 0.273. The largest absolute Gasteiger partial charge is 0.477 e. The summed E-state index contributed by atoms with van der Waals surface area (Å²) >= 11 is 0. The van der Waals surface area contributed by atoms with Gasteiger partial charge in [0.05, 0.1) is 17.8 Å². The molecule has 0 N–H and O–H groups in total. The van der Waals surface area contributed by atoms with Gasteiger partial charge in [-0.3, -0.25) is 14.9 Å². The van der Waals surface area contributed by atoms with Crippen molar-refractivity contribution in [2.24, 2.45) is 4.99 Å². The summed E-state index contributed by atoms with van der Waals surface area (Å²) in [6.45, 7) is 3.98. The van der Waals surface area contributed by atoms with E-state index in [1.54, 1.807) is 12.4 Å². The lowest BCUT2D eigenvalue weighted by atomic mass is 9.89. The zero-order valence-corrected chi connectivity index (χ0v) is 16.3. The Morgan fingerprint density at radius 3 is 2.72 bits per heavy atom. The molecule has 0 saturated carbocycles. The van der Waals surface area contributed by atoms with Crippen molar-refractivity contribution in [1.29, 1.82) is 0 Å². The van der Waals surface area contributed by atoms with Crippen LogP contribution in [-0.2, 0) is 6.42 Å². The maximum atomic E-state index is 12.2. The Balaban J connectivity index is 1.99. The number of ether oxygens (including phenoxy) is 1. The van der Waals surface area contributed by atoms with Crippen LogP contribution in [0.3, 0.4) is 0 Å². The molecule has 0 saturated heterocycles. The number of hydrogen-bond acceptors (Lipinski definition) is 5. The van der Waals surface area contributed by atoms with Crippen LogP contribution >= 0.6 is 0 Å². The maximum absolute atomic E-state index is 12.2. The van der Waals surface area contributed by atoms with Crippen molar-refractivity contribution in [1.82, 2.24) is 4.90 Å². The summed E-state index contributed by atoms with van der Waals surface area (Å²) in [4.78, 5) is 29.4. The number of ketones is 1. The summed E-state index contributed by atoms with van der Waals surface area (Å²) in [7, 11) is 1.84. The minimum atomic E-state index is -0.464. The van der Waals surface area contributed by atoms with Crippen molar-refractivity contribution < 1.29 is 14.5 Å². The van der Waals surface area contributed by atoms with Crippen LogP contribution in [0.25, 0.3) is 0 Å². The van der Waals surface area contributed by atoms with Gasteiger partial charge in [0, 0.05) is 30.8 Å². The highest BCUT2D eigenvalue weighted by Crippen LogP contribution is 2.39. The summed E-state index contributed by atoms with van der Waals surface area (Å²) in [5, 5.41) is 11.9. The molecule has 7 nitrogen and oxygen atoms in total. The molecule has 1 aliphatic rings. The molecule has 7 heteroatoms. The normalized spacial score (nSPS) is 14.3. The molecule has 1 atom stereocenters. The van der Waals surface area contributed by atoms with Gasteiger partial charge in [-0.15, -0.1) is 0 Å². The van der Waals surface area contributed by atoms with Crippen molar-refractivity contribution in [2.45, 2.75) is 25.4 Å². The number of hydrogen-bond donors (Lipinski definition) is 0. The molecule has 1 aliphatic carbocycles. The molecular formula is C22H23N3O4. The van der Waals surface area contributed by atoms with Crippen LogP contribution in [0.1, 0.15) is 40.4 Å². The van der Waals surface area contributed by atoms with Gasteiger partial charge < -0.3 is 9.64 Å². The predicted molar refractivity (Wildman–Crippen MR) is 111 cm³/mol. The number of aliphatic imine (C=N–C) groups is 1. The van der Waals surface area contributed by atoms with E-state index in [0.717, 1.165) is 5.56 Å². The number of carbonyl (C=O) groups excluding carboxylic acids is 1. The molecule has 0 fully saturated rings. The number of benzene rings is 2. The number of rotatable bonds is 8. The fourth-order valence-corrected chi connectivity index (χ4v) is 3.49. The number of Topliss-reactive ketones (excluding diaryl/α,β-unsaturated/α-hetero) is 1. The molecule has 0 heterocycles. The van der Waals surface area contributed by atoms with E-state index in [1.807, 2.05) is 42.3 Å². The van der Waals surface area contributed by atoms with Gasteiger partial charge >= 0.3 is 5.69 Å². The number of nitro groups is 1. The zero-order valence-electron chi connectivity index (χ0n) is 16.3. The van der Waals surface area contributed by atoms with Gasteiger partial charge in [0.2, 0.25) is 0 Å². The van der Waals surface area contributed by atoms with E-state index in [-0.39, 0.29) is 17.2 Å². The molecule has 2 aromatic rings. The highest BCUT2D eigenvalue weighted by molar-refractivity contribution is 5.99. The van der Waals surface area contributed by atoms with E-state index in [0.29, 0.717) is 36.9 Å². The van der Waals surface area contributed by atoms with E-state index >= 15 is 0 Å². The third kappa shape index (κ3) is 4.68. The summed E-state index contributed by atoms with van der Waals surface area (Å²) in [5.74, 6) is 0.118. The lowest BCUT2D eigenvalue weighted by Crippen LogP contribution is -2.27. The van der Waals surface area contributed by atoms with Crippen LogP contribution in [0.15, 0.2) is 60.2 Å². The van der Waals surface area contributed by atoms with Gasteiger partial charge in [-0.25, -0.2) is 4.99 Å². The highest BCUT2D eigenvalue weighted by Gasteiger charge is 2.31. The minimum Gasteiger partial charge on any atom is -0.477 e. The Hall–Kier alpha value is -3.48. The van der Waals surface area contributed by atoms with Gasteiger partial charge in [0.25, 0.3) is 0 Å². The van der Waals surface area contributed by atoms with Crippen LogP contribution in [0, 0.1) is 10.1 Å². The number of fused-ring (bicyclic) bond motifs is 1. The molecule has 1 unspecified atom stereocenters. The Bertz CT molecular complexity index is 941. The standard InChI is InChI=1S/C22H23N3O4/c1-3-23-15-24(2)14-21(16-8-5-4-6-9-16)29-20-13-12-17-18(22(20)25(27)28)10-7-11-19(17)26/h3-6,8-9,12-13,15,21H,1,7,10-11,14H2,2H3. The lowest BCUT2D eigenvalue weighted by Gasteiger charge is -2.25. The van der Waals surface area contributed by atoms with Gasteiger partial charge in [0.1, 0.15) is 6.10 Å². The van der Waals surface area contributed by atoms with Crippen molar-refractivity contribution in [3.63, 3.8) is 0 Å². The summed E-state index contributed by atoms with van der Waals surface area (Å²) in [6, 6.07) is 12.7. The molecular weight excluding hydrogens is 370 g/mol. The van der Waals surface area contributed by atoms with Crippen molar-refractivity contribution >= 4 is 17.8 Å². The molecule has 0 radical (unpaired) electrons. The Kier molecular flexibility index (Phi) is 6.39. The van der Waals surface area contributed by atoms with E-state index in [2.05, 4.69) is 11.6 Å². The smallest absolute Gasteiger partial charge is 0.314 e. The molecule has 0 aromatic heterocycles. The van der Waals surface area contributed by atoms with E-state index in [9.17, 15) is 14.9 Å². The molecule has 3 rings (SSSR count). The molecule has 2 aromatic carbocycles. The molecule has 0 aliphatic heterocycles.